The SMILES string of the molecule is CCCCN(CCCC)C(=O)c1nn(-c2ccc(C(=O)NS(=O)(=O)c3ccc4ccccc4c3)cc2C(=O)N2Cc3ccccc3C[C@H]2CNC2CCNCC2)c(C)c1Cl. The van der Waals surface area contributed by atoms with Crippen molar-refractivity contribution in [3.05, 3.63) is 124 Å². The molecule has 3 amide bonds. The Morgan fingerprint density at radius 3 is 2.28 bits per heavy atom. The van der Waals surface area contributed by atoms with Gasteiger partial charge in [-0.25, -0.2) is 17.8 Å². The van der Waals surface area contributed by atoms with Gasteiger partial charge in [0, 0.05) is 43.8 Å². The summed E-state index contributed by atoms with van der Waals surface area (Å²) in [6.07, 6.45) is 6.08. The van der Waals surface area contributed by atoms with E-state index in [9.17, 15) is 18.0 Å². The van der Waals surface area contributed by atoms with Crippen molar-refractivity contribution < 1.29 is 22.8 Å². The molecule has 1 saturated heterocycles. The van der Waals surface area contributed by atoms with Crippen LogP contribution in [0.1, 0.15) is 100 Å². The first-order valence-electron chi connectivity index (χ1n) is 21.1. The number of nitrogens with one attached hydrogen (secondary N) is 3. The summed E-state index contributed by atoms with van der Waals surface area (Å²) in [4.78, 5) is 46.8. The van der Waals surface area contributed by atoms with Crippen LogP contribution in [-0.2, 0) is 23.0 Å². The molecule has 1 fully saturated rings. The molecule has 0 radical (unpaired) electrons. The second kappa shape index (κ2) is 19.1. The highest BCUT2D eigenvalue weighted by Crippen LogP contribution is 2.31. The van der Waals surface area contributed by atoms with Gasteiger partial charge in [-0.2, -0.15) is 5.10 Å². The highest BCUT2D eigenvalue weighted by molar-refractivity contribution is 7.90. The number of unbranched alkanes of at least 4 members (excludes halogenated alkanes) is 2. The summed E-state index contributed by atoms with van der Waals surface area (Å²) in [5.41, 5.74) is 3.11. The number of hydrogen-bond donors (Lipinski definition) is 3. The van der Waals surface area contributed by atoms with Crippen LogP contribution in [0.2, 0.25) is 5.02 Å². The molecule has 0 aliphatic carbocycles. The van der Waals surface area contributed by atoms with Gasteiger partial charge >= 0.3 is 0 Å². The summed E-state index contributed by atoms with van der Waals surface area (Å²) in [6, 6.07) is 24.6. The molecule has 3 N–H and O–H groups in total. The molecule has 3 heterocycles. The summed E-state index contributed by atoms with van der Waals surface area (Å²) in [7, 11) is -4.30. The molecule has 60 heavy (non-hydrogen) atoms. The number of halogens is 1. The smallest absolute Gasteiger partial charge is 0.275 e. The van der Waals surface area contributed by atoms with Crippen molar-refractivity contribution in [3.63, 3.8) is 0 Å². The van der Waals surface area contributed by atoms with E-state index in [0.29, 0.717) is 55.4 Å². The maximum atomic E-state index is 15.2. The van der Waals surface area contributed by atoms with Gasteiger partial charge in [-0.1, -0.05) is 92.9 Å². The number of rotatable bonds is 15. The van der Waals surface area contributed by atoms with Gasteiger partial charge in [-0.05, 0) is 104 Å². The number of carbonyl (C=O) groups is 3. The summed E-state index contributed by atoms with van der Waals surface area (Å²) >= 11 is 6.93. The van der Waals surface area contributed by atoms with E-state index in [1.807, 2.05) is 41.3 Å². The molecule has 4 aromatic carbocycles. The number of nitrogens with zero attached hydrogens (tertiary/aromatic N) is 4. The van der Waals surface area contributed by atoms with Crippen LogP contribution in [0.4, 0.5) is 0 Å². The van der Waals surface area contributed by atoms with Gasteiger partial charge in [-0.3, -0.25) is 14.4 Å². The highest BCUT2D eigenvalue weighted by atomic mass is 35.5. The first-order valence-corrected chi connectivity index (χ1v) is 22.9. The van der Waals surface area contributed by atoms with Crippen LogP contribution in [0.5, 0.6) is 0 Å². The third-order valence-corrected chi connectivity index (χ3v) is 13.5. The molecular weight excluding hydrogens is 798 g/mol. The van der Waals surface area contributed by atoms with E-state index in [1.165, 1.54) is 34.5 Å². The highest BCUT2D eigenvalue weighted by Gasteiger charge is 2.34. The van der Waals surface area contributed by atoms with Crippen molar-refractivity contribution >= 4 is 50.1 Å². The maximum Gasteiger partial charge on any atom is 0.275 e. The van der Waals surface area contributed by atoms with E-state index >= 15 is 4.79 Å². The third kappa shape index (κ3) is 9.44. The molecule has 316 valence electrons. The lowest BCUT2D eigenvalue weighted by molar-refractivity contribution is 0.0633. The van der Waals surface area contributed by atoms with Crippen LogP contribution >= 0.6 is 11.6 Å². The fourth-order valence-corrected chi connectivity index (χ4v) is 9.32. The average molecular weight is 853 g/mol. The van der Waals surface area contributed by atoms with Gasteiger partial charge in [0.15, 0.2) is 5.69 Å². The first kappa shape index (κ1) is 43.0. The van der Waals surface area contributed by atoms with E-state index in [-0.39, 0.29) is 44.6 Å². The van der Waals surface area contributed by atoms with Crippen molar-refractivity contribution in [2.45, 2.75) is 89.2 Å². The van der Waals surface area contributed by atoms with Crippen LogP contribution in [0.15, 0.2) is 89.8 Å². The number of aromatic nitrogens is 2. The molecule has 12 nitrogen and oxygen atoms in total. The molecule has 5 aromatic rings. The van der Waals surface area contributed by atoms with Gasteiger partial charge in [0.1, 0.15) is 0 Å². The third-order valence-electron chi connectivity index (χ3n) is 11.7. The average Bonchev–Trinajstić information content (AvgIpc) is 3.57. The van der Waals surface area contributed by atoms with Crippen LogP contribution in [-0.4, -0.2) is 90.5 Å². The zero-order chi connectivity index (χ0) is 42.4. The summed E-state index contributed by atoms with van der Waals surface area (Å²) in [5.74, 6) is -1.55. The lowest BCUT2D eigenvalue weighted by Gasteiger charge is -2.38. The van der Waals surface area contributed by atoms with Crippen LogP contribution in [0.3, 0.4) is 0 Å². The van der Waals surface area contributed by atoms with Crippen molar-refractivity contribution in [3.8, 4) is 5.69 Å². The van der Waals surface area contributed by atoms with Crippen molar-refractivity contribution in [1.82, 2.24) is 34.9 Å². The number of carbonyl (C=O) groups excluding carboxylic acids is 3. The monoisotopic (exact) mass is 851 g/mol. The molecule has 0 unspecified atom stereocenters. The van der Waals surface area contributed by atoms with E-state index in [4.69, 9.17) is 16.7 Å². The molecule has 0 spiro atoms. The standard InChI is InChI=1S/C46H54ClN7O5S/c1-4-6-24-52(25-7-5-2)46(57)43-42(47)31(3)54(50-43)41-19-17-35(44(55)51-60(58,59)39-18-16-32-12-8-9-14-34(32)27-39)28-40(41)45(56)53-30-36-15-11-10-13-33(36)26-38(53)29-49-37-20-22-48-23-21-37/h8-19,27-28,37-38,48-49H,4-7,20-26,29-30H2,1-3H3,(H,51,55)/t38-/m0/s1. The molecule has 7 rings (SSSR count). The summed E-state index contributed by atoms with van der Waals surface area (Å²) in [6.45, 7) is 9.75. The van der Waals surface area contributed by atoms with Crippen LogP contribution in [0, 0.1) is 6.92 Å². The molecule has 0 bridgehead atoms. The fourth-order valence-electron chi connectivity index (χ4n) is 8.12. The summed E-state index contributed by atoms with van der Waals surface area (Å²) < 4.78 is 31.0. The zero-order valence-corrected chi connectivity index (χ0v) is 36.1. The molecule has 1 atom stereocenters. The van der Waals surface area contributed by atoms with Crippen LogP contribution in [0.25, 0.3) is 16.5 Å². The van der Waals surface area contributed by atoms with E-state index < -0.39 is 15.9 Å². The number of piperidine rings is 1. The Morgan fingerprint density at radius 2 is 1.57 bits per heavy atom. The van der Waals surface area contributed by atoms with Gasteiger partial charge in [0.05, 0.1) is 26.9 Å². The molecule has 14 heteroatoms. The zero-order valence-electron chi connectivity index (χ0n) is 34.5. The number of sulfonamides is 1. The normalized spacial score (nSPS) is 15.8. The Kier molecular flexibility index (Phi) is 13.7. The second-order valence-electron chi connectivity index (χ2n) is 15.8. The minimum absolute atomic E-state index is 0.0363. The molecule has 2 aliphatic heterocycles. The van der Waals surface area contributed by atoms with Gasteiger partial charge in [0.2, 0.25) is 0 Å². The minimum atomic E-state index is -4.30. The fraction of sp³-hybridized carbons (Fsp3) is 0.391. The lowest BCUT2D eigenvalue weighted by Crippen LogP contribution is -2.52. The van der Waals surface area contributed by atoms with Crippen molar-refractivity contribution in [2.24, 2.45) is 0 Å². The number of fused-ring (bicyclic) bond motifs is 2. The Labute approximate surface area is 357 Å². The summed E-state index contributed by atoms with van der Waals surface area (Å²) in [5, 5.41) is 13.6. The number of benzene rings is 4. The van der Waals surface area contributed by atoms with Gasteiger partial charge in [0.25, 0.3) is 27.7 Å². The van der Waals surface area contributed by atoms with Crippen molar-refractivity contribution in [1.29, 1.82) is 0 Å². The molecule has 1 aromatic heterocycles. The second-order valence-corrected chi connectivity index (χ2v) is 17.9. The molecule has 2 aliphatic rings. The van der Waals surface area contributed by atoms with Gasteiger partial charge < -0.3 is 20.4 Å². The number of hydrogen-bond acceptors (Lipinski definition) is 8. The van der Waals surface area contributed by atoms with Gasteiger partial charge in [-0.15, -0.1) is 0 Å². The van der Waals surface area contributed by atoms with E-state index in [1.54, 1.807) is 30.0 Å². The van der Waals surface area contributed by atoms with Crippen LogP contribution < -0.4 is 15.4 Å². The topological polar surface area (TPSA) is 146 Å². The maximum absolute atomic E-state index is 15.2. The Morgan fingerprint density at radius 1 is 0.883 bits per heavy atom. The van der Waals surface area contributed by atoms with Crippen molar-refractivity contribution in [2.75, 3.05) is 32.7 Å². The minimum Gasteiger partial charge on any atom is -0.337 e. The predicted octanol–water partition coefficient (Wildman–Crippen LogP) is 7.06. The Bertz CT molecular complexity index is 2470. The largest absolute Gasteiger partial charge is 0.337 e. The Balaban J connectivity index is 1.28. The van der Waals surface area contributed by atoms with E-state index in [2.05, 4.69) is 35.3 Å². The quantitative estimate of drug-likeness (QED) is 0.102. The Hall–Kier alpha value is -5.08. The molecular formula is C46H54ClN7O5S. The number of amides is 3. The van der Waals surface area contributed by atoms with E-state index in [0.717, 1.165) is 62.6 Å². The first-order chi connectivity index (χ1) is 29.0. The lowest BCUT2D eigenvalue weighted by atomic mass is 9.92. The molecule has 0 saturated carbocycles. The predicted molar refractivity (Wildman–Crippen MR) is 235 cm³/mol.